The highest BCUT2D eigenvalue weighted by atomic mass is 16.5. The molecule has 5 heteroatoms. The molecule has 2 rings (SSSR count). The van der Waals surface area contributed by atoms with Gasteiger partial charge in [0.15, 0.2) is 5.96 Å². The van der Waals surface area contributed by atoms with Crippen molar-refractivity contribution in [2.75, 3.05) is 27.8 Å². The second kappa shape index (κ2) is 7.03. The van der Waals surface area contributed by atoms with E-state index in [0.29, 0.717) is 6.54 Å². The third-order valence-electron chi connectivity index (χ3n) is 3.42. The molecular weight excluding hydrogens is 254 g/mol. The largest absolute Gasteiger partial charge is 0.497 e. The normalized spacial score (nSPS) is 14.8. The van der Waals surface area contributed by atoms with Crippen molar-refractivity contribution in [1.82, 2.24) is 10.6 Å². The average Bonchev–Trinajstić information content (AvgIpc) is 3.31. The van der Waals surface area contributed by atoms with Crippen molar-refractivity contribution in [2.45, 2.75) is 19.4 Å². The molecule has 0 saturated heterocycles. The van der Waals surface area contributed by atoms with E-state index < -0.39 is 0 Å². The summed E-state index contributed by atoms with van der Waals surface area (Å²) in [6.45, 7) is 1.66. The highest BCUT2D eigenvalue weighted by Crippen LogP contribution is 2.27. The van der Waals surface area contributed by atoms with Crippen LogP contribution in [0.15, 0.2) is 23.2 Å². The summed E-state index contributed by atoms with van der Waals surface area (Å²) in [5.41, 5.74) is 1.07. The number of rotatable bonds is 6. The van der Waals surface area contributed by atoms with Crippen LogP contribution in [0.2, 0.25) is 0 Å². The Kier molecular flexibility index (Phi) is 5.09. The lowest BCUT2D eigenvalue weighted by Crippen LogP contribution is -2.37. The molecule has 1 aromatic carbocycles. The minimum Gasteiger partial charge on any atom is -0.497 e. The fraction of sp³-hybridized carbons (Fsp3) is 0.533. The Morgan fingerprint density at radius 1 is 1.25 bits per heavy atom. The Bertz CT molecular complexity index is 470. The number of hydrogen-bond donors (Lipinski definition) is 2. The molecule has 0 bridgehead atoms. The second-order valence-electron chi connectivity index (χ2n) is 4.93. The molecule has 0 aliphatic heterocycles. The van der Waals surface area contributed by atoms with E-state index in [9.17, 15) is 0 Å². The van der Waals surface area contributed by atoms with E-state index in [2.05, 4.69) is 15.6 Å². The Labute approximate surface area is 120 Å². The first kappa shape index (κ1) is 14.5. The fourth-order valence-electron chi connectivity index (χ4n) is 1.96. The van der Waals surface area contributed by atoms with Crippen molar-refractivity contribution >= 4 is 5.96 Å². The maximum absolute atomic E-state index is 5.38. The topological polar surface area (TPSA) is 54.9 Å². The molecule has 110 valence electrons. The van der Waals surface area contributed by atoms with Crippen LogP contribution in [0.25, 0.3) is 0 Å². The Hall–Kier alpha value is -1.91. The van der Waals surface area contributed by atoms with Gasteiger partial charge in [-0.2, -0.15) is 0 Å². The van der Waals surface area contributed by atoms with Gasteiger partial charge in [-0.25, -0.2) is 0 Å². The lowest BCUT2D eigenvalue weighted by atomic mass is 10.2. The molecule has 1 aromatic rings. The quantitative estimate of drug-likeness (QED) is 0.615. The molecule has 1 saturated carbocycles. The van der Waals surface area contributed by atoms with Crippen molar-refractivity contribution < 1.29 is 9.47 Å². The minimum absolute atomic E-state index is 0.664. The number of hydrogen-bond acceptors (Lipinski definition) is 3. The Balaban J connectivity index is 1.90. The van der Waals surface area contributed by atoms with Gasteiger partial charge in [-0.15, -0.1) is 0 Å². The minimum atomic E-state index is 0.664. The van der Waals surface area contributed by atoms with Gasteiger partial charge in [0.25, 0.3) is 0 Å². The maximum Gasteiger partial charge on any atom is 0.191 e. The predicted molar refractivity (Wildman–Crippen MR) is 80.5 cm³/mol. The number of ether oxygens (including phenoxy) is 2. The average molecular weight is 277 g/mol. The van der Waals surface area contributed by atoms with Gasteiger partial charge in [0.05, 0.1) is 14.2 Å². The van der Waals surface area contributed by atoms with Crippen LogP contribution >= 0.6 is 0 Å². The van der Waals surface area contributed by atoms with E-state index in [0.717, 1.165) is 35.5 Å². The van der Waals surface area contributed by atoms with Crippen LogP contribution in [0.3, 0.4) is 0 Å². The van der Waals surface area contributed by atoms with E-state index in [1.165, 1.54) is 12.8 Å². The van der Waals surface area contributed by atoms with Gasteiger partial charge < -0.3 is 20.1 Å². The van der Waals surface area contributed by atoms with E-state index >= 15 is 0 Å². The molecular formula is C15H23N3O2. The zero-order valence-corrected chi connectivity index (χ0v) is 12.4. The lowest BCUT2D eigenvalue weighted by molar-refractivity contribution is 0.390. The molecule has 1 aliphatic carbocycles. The molecule has 20 heavy (non-hydrogen) atoms. The molecule has 0 spiro atoms. The Morgan fingerprint density at radius 3 is 2.65 bits per heavy atom. The van der Waals surface area contributed by atoms with Crippen molar-refractivity contribution in [3.63, 3.8) is 0 Å². The van der Waals surface area contributed by atoms with Crippen LogP contribution < -0.4 is 20.1 Å². The van der Waals surface area contributed by atoms with Gasteiger partial charge in [-0.3, -0.25) is 4.99 Å². The first-order valence-corrected chi connectivity index (χ1v) is 6.92. The standard InChI is InChI=1S/C15H23N3O2/c1-16-15(17-9-11-4-5-11)18-10-12-6-7-13(19-2)8-14(12)20-3/h6-8,11H,4-5,9-10H2,1-3H3,(H2,16,17,18). The fourth-order valence-corrected chi connectivity index (χ4v) is 1.96. The van der Waals surface area contributed by atoms with Gasteiger partial charge in [0.1, 0.15) is 11.5 Å². The SMILES string of the molecule is CN=C(NCc1ccc(OC)cc1OC)NCC1CC1. The van der Waals surface area contributed by atoms with Crippen LogP contribution in [0.4, 0.5) is 0 Å². The summed E-state index contributed by atoms with van der Waals surface area (Å²) in [7, 11) is 5.10. The molecule has 1 aliphatic rings. The van der Waals surface area contributed by atoms with Gasteiger partial charge in [-0.1, -0.05) is 0 Å². The number of methoxy groups -OCH3 is 2. The number of nitrogens with one attached hydrogen (secondary N) is 2. The summed E-state index contributed by atoms with van der Waals surface area (Å²) in [5, 5.41) is 6.63. The summed E-state index contributed by atoms with van der Waals surface area (Å²) < 4.78 is 10.6. The van der Waals surface area contributed by atoms with Crippen LogP contribution in [0.1, 0.15) is 18.4 Å². The smallest absolute Gasteiger partial charge is 0.191 e. The molecule has 0 aromatic heterocycles. The lowest BCUT2D eigenvalue weighted by Gasteiger charge is -2.14. The first-order valence-electron chi connectivity index (χ1n) is 6.92. The zero-order valence-electron chi connectivity index (χ0n) is 12.4. The van der Waals surface area contributed by atoms with Crippen molar-refractivity contribution in [3.8, 4) is 11.5 Å². The van der Waals surface area contributed by atoms with E-state index in [1.807, 2.05) is 18.2 Å². The summed E-state index contributed by atoms with van der Waals surface area (Å²) in [4.78, 5) is 4.22. The summed E-state index contributed by atoms with van der Waals surface area (Å²) >= 11 is 0. The highest BCUT2D eigenvalue weighted by molar-refractivity contribution is 5.79. The highest BCUT2D eigenvalue weighted by Gasteiger charge is 2.21. The maximum atomic E-state index is 5.38. The van der Waals surface area contributed by atoms with Gasteiger partial charge in [-0.05, 0) is 30.9 Å². The first-order chi connectivity index (χ1) is 9.76. The number of benzene rings is 1. The molecule has 5 nitrogen and oxygen atoms in total. The van der Waals surface area contributed by atoms with Crippen LogP contribution in [-0.4, -0.2) is 33.8 Å². The molecule has 1 fully saturated rings. The molecule has 0 atom stereocenters. The molecule has 0 amide bonds. The van der Waals surface area contributed by atoms with Crippen LogP contribution in [0, 0.1) is 5.92 Å². The zero-order chi connectivity index (χ0) is 14.4. The van der Waals surface area contributed by atoms with Crippen molar-refractivity contribution in [2.24, 2.45) is 10.9 Å². The number of aliphatic imine (C=N–C) groups is 1. The second-order valence-corrected chi connectivity index (χ2v) is 4.93. The third kappa shape index (κ3) is 4.05. The molecule has 0 unspecified atom stereocenters. The summed E-state index contributed by atoms with van der Waals surface area (Å²) in [5.74, 6) is 3.26. The monoisotopic (exact) mass is 277 g/mol. The van der Waals surface area contributed by atoms with E-state index in [1.54, 1.807) is 21.3 Å². The third-order valence-corrected chi connectivity index (χ3v) is 3.42. The molecule has 0 heterocycles. The molecule has 0 radical (unpaired) electrons. The van der Waals surface area contributed by atoms with E-state index in [4.69, 9.17) is 9.47 Å². The van der Waals surface area contributed by atoms with Gasteiger partial charge in [0.2, 0.25) is 0 Å². The van der Waals surface area contributed by atoms with Gasteiger partial charge in [0, 0.05) is 31.8 Å². The number of guanidine groups is 1. The Morgan fingerprint density at radius 2 is 2.05 bits per heavy atom. The predicted octanol–water partition coefficient (Wildman–Crippen LogP) is 1.78. The number of nitrogens with zero attached hydrogens (tertiary/aromatic N) is 1. The van der Waals surface area contributed by atoms with Gasteiger partial charge >= 0.3 is 0 Å². The summed E-state index contributed by atoms with van der Waals surface area (Å²) in [6, 6.07) is 5.82. The molecule has 2 N–H and O–H groups in total. The summed E-state index contributed by atoms with van der Waals surface area (Å²) in [6.07, 6.45) is 2.66. The van der Waals surface area contributed by atoms with Crippen LogP contribution in [0.5, 0.6) is 11.5 Å². The van der Waals surface area contributed by atoms with Crippen molar-refractivity contribution in [3.05, 3.63) is 23.8 Å². The van der Waals surface area contributed by atoms with E-state index in [-0.39, 0.29) is 0 Å². The van der Waals surface area contributed by atoms with Crippen molar-refractivity contribution in [1.29, 1.82) is 0 Å². The van der Waals surface area contributed by atoms with Crippen LogP contribution in [-0.2, 0) is 6.54 Å².